The third-order valence-corrected chi connectivity index (χ3v) is 8.09. The molecule has 4 atom stereocenters. The number of Topliss-reactive ketones (excluding diaryl/α,β-unsaturated/α-hetero) is 1. The quantitative estimate of drug-likeness (QED) is 0.308. The number of hydrogen-bond donors (Lipinski definition) is 0. The van der Waals surface area contributed by atoms with Crippen LogP contribution < -0.4 is 4.74 Å². The highest BCUT2D eigenvalue weighted by Crippen LogP contribution is 2.59. The summed E-state index contributed by atoms with van der Waals surface area (Å²) in [7, 11) is 0. The molecule has 3 aliphatic rings. The van der Waals surface area contributed by atoms with Crippen LogP contribution >= 0.6 is 0 Å². The van der Waals surface area contributed by atoms with Crippen LogP contribution in [0.25, 0.3) is 0 Å². The normalized spacial score (nSPS) is 28.8. The van der Waals surface area contributed by atoms with E-state index in [2.05, 4.69) is 6.92 Å². The van der Waals surface area contributed by atoms with E-state index in [1.807, 2.05) is 6.07 Å². The van der Waals surface area contributed by atoms with Gasteiger partial charge < -0.3 is 4.74 Å². The van der Waals surface area contributed by atoms with Crippen molar-refractivity contribution in [1.82, 2.24) is 0 Å². The van der Waals surface area contributed by atoms with Gasteiger partial charge >= 0.3 is 0 Å². The van der Waals surface area contributed by atoms with E-state index in [1.54, 1.807) is 12.1 Å². The lowest BCUT2D eigenvalue weighted by molar-refractivity contribution is -0.129. The van der Waals surface area contributed by atoms with Crippen molar-refractivity contribution in [2.75, 3.05) is 0 Å². The Morgan fingerprint density at radius 1 is 0.938 bits per heavy atom. The van der Waals surface area contributed by atoms with Crippen LogP contribution in [0.4, 0.5) is 22.0 Å². The van der Waals surface area contributed by atoms with Crippen molar-refractivity contribution in [3.63, 3.8) is 0 Å². The molecule has 0 aliphatic heterocycles. The van der Waals surface area contributed by atoms with Gasteiger partial charge in [0.1, 0.15) is 18.1 Å². The molecule has 0 saturated heterocycles. The van der Waals surface area contributed by atoms with Gasteiger partial charge in [0.25, 0.3) is 0 Å². The van der Waals surface area contributed by atoms with Gasteiger partial charge in [-0.15, -0.1) is 0 Å². The summed E-state index contributed by atoms with van der Waals surface area (Å²) in [6.45, 7) is 1.36. The molecule has 0 aromatic heterocycles. The second-order valence-electron chi connectivity index (χ2n) is 9.53. The number of rotatable bonds is 3. The van der Waals surface area contributed by atoms with E-state index in [0.717, 1.165) is 37.7 Å². The molecule has 7 heteroatoms. The molecule has 0 unspecified atom stereocenters. The fraction of sp³-hybridized carbons (Fsp3) is 0.480. The van der Waals surface area contributed by atoms with E-state index < -0.39 is 41.3 Å². The summed E-state index contributed by atoms with van der Waals surface area (Å²) in [5.74, 6) is -7.93. The van der Waals surface area contributed by atoms with Crippen molar-refractivity contribution in [2.45, 2.75) is 58.0 Å². The number of carbonyl (C=O) groups is 1. The predicted molar refractivity (Wildman–Crippen MR) is 107 cm³/mol. The number of aryl methyl sites for hydroxylation is 1. The van der Waals surface area contributed by atoms with Crippen LogP contribution in [0.1, 0.15) is 61.6 Å². The molecule has 0 spiro atoms. The summed E-state index contributed by atoms with van der Waals surface area (Å²) >= 11 is 0. The van der Waals surface area contributed by atoms with Crippen LogP contribution in [0.15, 0.2) is 18.2 Å². The number of fused-ring (bicyclic) bond motifs is 5. The third kappa shape index (κ3) is 3.07. The number of ether oxygens (including phenoxy) is 1. The molecule has 2 fully saturated rings. The second-order valence-corrected chi connectivity index (χ2v) is 9.53. The van der Waals surface area contributed by atoms with Crippen molar-refractivity contribution < 1.29 is 31.5 Å². The van der Waals surface area contributed by atoms with Crippen molar-refractivity contribution in [3.05, 3.63) is 64.0 Å². The smallest absolute Gasteiger partial charge is 0.200 e. The van der Waals surface area contributed by atoms with Crippen LogP contribution in [-0.4, -0.2) is 5.78 Å². The predicted octanol–water partition coefficient (Wildman–Crippen LogP) is 6.39. The standard InChI is InChI=1S/C25H23F5O2/c1-25-9-8-15-14-5-3-13(10-12(14)2-4-16(15)18(25)6-7-19(25)31)32-11-17-20(26)22(28)24(30)23(29)21(17)27/h3,5,10,15-16,18H,2,4,6-9,11H2,1H3/t15-,16-,18+,25+/m1/s1. The van der Waals surface area contributed by atoms with Gasteiger partial charge in [0.05, 0.1) is 5.56 Å². The molecular weight excluding hydrogens is 427 g/mol. The van der Waals surface area contributed by atoms with E-state index in [4.69, 9.17) is 4.74 Å². The Morgan fingerprint density at radius 2 is 1.62 bits per heavy atom. The summed E-state index contributed by atoms with van der Waals surface area (Å²) in [5, 5.41) is 0. The Bertz CT molecular complexity index is 1080. The second kappa shape index (κ2) is 7.56. The first-order chi connectivity index (χ1) is 15.2. The van der Waals surface area contributed by atoms with E-state index in [0.29, 0.717) is 35.7 Å². The minimum Gasteiger partial charge on any atom is -0.489 e. The lowest BCUT2D eigenvalue weighted by Gasteiger charge is -2.48. The van der Waals surface area contributed by atoms with Crippen molar-refractivity contribution in [3.8, 4) is 5.75 Å². The lowest BCUT2D eigenvalue weighted by Crippen LogP contribution is -2.42. The topological polar surface area (TPSA) is 26.3 Å². The minimum atomic E-state index is -2.18. The highest BCUT2D eigenvalue weighted by atomic mass is 19.2. The molecule has 3 aliphatic carbocycles. The first-order valence-corrected chi connectivity index (χ1v) is 11.0. The van der Waals surface area contributed by atoms with Gasteiger partial charge in [-0.25, -0.2) is 22.0 Å². The minimum absolute atomic E-state index is 0.199. The monoisotopic (exact) mass is 450 g/mol. The highest BCUT2D eigenvalue weighted by Gasteiger charge is 2.54. The number of benzene rings is 2. The molecule has 0 amide bonds. The Kier molecular flexibility index (Phi) is 5.06. The van der Waals surface area contributed by atoms with Gasteiger partial charge in [-0.2, -0.15) is 0 Å². The largest absolute Gasteiger partial charge is 0.489 e. The molecule has 2 aromatic carbocycles. The molecule has 0 N–H and O–H groups in total. The van der Waals surface area contributed by atoms with E-state index in [-0.39, 0.29) is 5.41 Å². The Hall–Kier alpha value is -2.44. The van der Waals surface area contributed by atoms with Gasteiger partial charge in [-0.05, 0) is 73.1 Å². The molecule has 0 bridgehead atoms. The Morgan fingerprint density at radius 3 is 2.34 bits per heavy atom. The summed E-state index contributed by atoms with van der Waals surface area (Å²) in [6, 6.07) is 5.42. The van der Waals surface area contributed by atoms with Gasteiger partial charge in [0.2, 0.25) is 5.82 Å². The first kappa shape index (κ1) is 21.4. The summed E-state index contributed by atoms with van der Waals surface area (Å²) in [5.41, 5.74) is 1.10. The van der Waals surface area contributed by atoms with Crippen LogP contribution in [-0.2, 0) is 17.8 Å². The van der Waals surface area contributed by atoms with Crippen LogP contribution in [0, 0.1) is 46.3 Å². The number of ketones is 1. The summed E-state index contributed by atoms with van der Waals surface area (Å²) in [6.07, 6.45) is 5.22. The molecule has 0 radical (unpaired) electrons. The van der Waals surface area contributed by atoms with Gasteiger partial charge in [-0.3, -0.25) is 4.79 Å². The van der Waals surface area contributed by atoms with E-state index in [1.165, 1.54) is 5.56 Å². The van der Waals surface area contributed by atoms with Gasteiger partial charge in [-0.1, -0.05) is 13.0 Å². The van der Waals surface area contributed by atoms with Crippen LogP contribution in [0.3, 0.4) is 0 Å². The fourth-order valence-corrected chi connectivity index (χ4v) is 6.35. The molecule has 2 saturated carbocycles. The zero-order valence-electron chi connectivity index (χ0n) is 17.6. The number of carbonyl (C=O) groups excluding carboxylic acids is 1. The SMILES string of the molecule is C[C@]12CC[C@@H]3c4ccc(OCc5c(F)c(F)c(F)c(F)c5F)cc4CC[C@H]3[C@@H]1CCC2=O. The maximum absolute atomic E-state index is 13.9. The van der Waals surface area contributed by atoms with E-state index in [9.17, 15) is 26.7 Å². The maximum Gasteiger partial charge on any atom is 0.200 e. The van der Waals surface area contributed by atoms with Crippen molar-refractivity contribution >= 4 is 5.78 Å². The molecule has 2 aromatic rings. The average Bonchev–Trinajstić information content (AvgIpc) is 3.10. The number of hydrogen-bond acceptors (Lipinski definition) is 2. The molecular formula is C25H23F5O2. The third-order valence-electron chi connectivity index (χ3n) is 8.09. The zero-order chi connectivity index (χ0) is 22.8. The van der Waals surface area contributed by atoms with Gasteiger partial charge in [0, 0.05) is 11.8 Å². The average molecular weight is 450 g/mol. The highest BCUT2D eigenvalue weighted by molar-refractivity contribution is 5.87. The molecule has 2 nitrogen and oxygen atoms in total. The Labute approximate surface area is 182 Å². The van der Waals surface area contributed by atoms with E-state index >= 15 is 0 Å². The molecule has 0 heterocycles. The number of halogens is 5. The van der Waals surface area contributed by atoms with Crippen molar-refractivity contribution in [2.24, 2.45) is 17.3 Å². The molecule has 5 rings (SSSR count). The summed E-state index contributed by atoms with van der Waals surface area (Å²) in [4.78, 5) is 12.5. The van der Waals surface area contributed by atoms with Crippen LogP contribution in [0.5, 0.6) is 5.75 Å². The lowest BCUT2D eigenvalue weighted by atomic mass is 9.55. The van der Waals surface area contributed by atoms with Crippen LogP contribution in [0.2, 0.25) is 0 Å². The molecule has 170 valence electrons. The summed E-state index contributed by atoms with van der Waals surface area (Å²) < 4.78 is 73.3. The first-order valence-electron chi connectivity index (χ1n) is 11.0. The molecule has 32 heavy (non-hydrogen) atoms. The van der Waals surface area contributed by atoms with Crippen molar-refractivity contribution in [1.29, 1.82) is 0 Å². The Balaban J connectivity index is 1.36. The van der Waals surface area contributed by atoms with Gasteiger partial charge in [0.15, 0.2) is 23.3 Å². The maximum atomic E-state index is 13.9. The fourth-order valence-electron chi connectivity index (χ4n) is 6.35. The zero-order valence-corrected chi connectivity index (χ0v) is 17.6.